The zero-order valence-corrected chi connectivity index (χ0v) is 13.7. The fourth-order valence-electron chi connectivity index (χ4n) is 1.46. The van der Waals surface area contributed by atoms with Crippen molar-refractivity contribution in [3.8, 4) is 5.75 Å². The molecule has 1 amide bonds. The van der Waals surface area contributed by atoms with Crippen molar-refractivity contribution in [3.63, 3.8) is 0 Å². The Morgan fingerprint density at radius 2 is 1.90 bits per heavy atom. The van der Waals surface area contributed by atoms with Gasteiger partial charge in [-0.3, -0.25) is 4.79 Å². The smallest absolute Gasteiger partial charge is 0.265 e. The molecule has 0 unspecified atom stereocenters. The number of carbonyl (C=O) groups is 1. The summed E-state index contributed by atoms with van der Waals surface area (Å²) in [6.45, 7) is -0.0767. The van der Waals surface area contributed by atoms with Crippen LogP contribution in [0.3, 0.4) is 0 Å². The average Bonchev–Trinajstić information content (AvgIpc) is 2.35. The molecule has 0 fully saturated rings. The fourth-order valence-corrected chi connectivity index (χ4v) is 2.95. The van der Waals surface area contributed by atoms with Gasteiger partial charge in [-0.25, -0.2) is 16.8 Å². The van der Waals surface area contributed by atoms with Gasteiger partial charge in [0.1, 0.15) is 20.5 Å². The van der Waals surface area contributed by atoms with Crippen molar-refractivity contribution in [1.29, 1.82) is 0 Å². The maximum atomic E-state index is 11.8. The highest BCUT2D eigenvalue weighted by Crippen LogP contribution is 2.27. The Morgan fingerprint density at radius 3 is 2.38 bits per heavy atom. The van der Waals surface area contributed by atoms with Crippen LogP contribution >= 0.6 is 10.7 Å². The molecule has 1 aromatic carbocycles. The maximum absolute atomic E-state index is 11.8. The molecule has 0 spiro atoms. The monoisotopic (exact) mass is 355 g/mol. The Balaban J connectivity index is 2.97. The molecule has 10 heteroatoms. The summed E-state index contributed by atoms with van der Waals surface area (Å²) in [5, 5.41) is 2.37. The fraction of sp³-hybridized carbons (Fsp3) is 0.364. The number of nitrogens with one attached hydrogen (secondary N) is 1. The molecule has 0 radical (unpaired) electrons. The van der Waals surface area contributed by atoms with Gasteiger partial charge in [0, 0.05) is 29.0 Å². The molecule has 0 aliphatic heterocycles. The van der Waals surface area contributed by atoms with Gasteiger partial charge in [-0.1, -0.05) is 0 Å². The Labute approximate surface area is 127 Å². The summed E-state index contributed by atoms with van der Waals surface area (Å²) in [7, 11) is -0.735. The van der Waals surface area contributed by atoms with Crippen molar-refractivity contribution >= 4 is 35.5 Å². The lowest BCUT2D eigenvalue weighted by Gasteiger charge is -2.09. The van der Waals surface area contributed by atoms with Crippen molar-refractivity contribution in [2.45, 2.75) is 4.90 Å². The van der Waals surface area contributed by atoms with E-state index in [-0.39, 0.29) is 28.5 Å². The summed E-state index contributed by atoms with van der Waals surface area (Å²) in [5.41, 5.74) is 0.0310. The quantitative estimate of drug-likeness (QED) is 0.740. The van der Waals surface area contributed by atoms with Gasteiger partial charge >= 0.3 is 0 Å². The number of benzene rings is 1. The highest BCUT2D eigenvalue weighted by Gasteiger charge is 2.19. The molecule has 1 rings (SSSR count). The minimum atomic E-state index is -4.07. The topological polar surface area (TPSA) is 107 Å². The van der Waals surface area contributed by atoms with E-state index in [1.54, 1.807) is 0 Å². The van der Waals surface area contributed by atoms with E-state index in [9.17, 15) is 21.6 Å². The van der Waals surface area contributed by atoms with E-state index in [1.165, 1.54) is 19.2 Å². The van der Waals surface area contributed by atoms with Crippen LogP contribution in [-0.2, 0) is 18.9 Å². The molecule has 0 saturated carbocycles. The number of hydrogen-bond acceptors (Lipinski definition) is 6. The zero-order chi connectivity index (χ0) is 16.3. The maximum Gasteiger partial charge on any atom is 0.265 e. The Kier molecular flexibility index (Phi) is 5.60. The van der Waals surface area contributed by atoms with E-state index in [1.807, 2.05) is 0 Å². The number of rotatable bonds is 6. The predicted molar refractivity (Wildman–Crippen MR) is 78.1 cm³/mol. The first-order valence-corrected chi connectivity index (χ1v) is 10.00. The molecule has 0 heterocycles. The van der Waals surface area contributed by atoms with E-state index >= 15 is 0 Å². The van der Waals surface area contributed by atoms with Crippen molar-refractivity contribution < 1.29 is 26.4 Å². The Bertz CT molecular complexity index is 742. The summed E-state index contributed by atoms with van der Waals surface area (Å²) in [6.07, 6.45) is 1.05. The number of sulfone groups is 1. The van der Waals surface area contributed by atoms with Crippen LogP contribution < -0.4 is 10.1 Å². The third kappa shape index (κ3) is 5.52. The average molecular weight is 356 g/mol. The van der Waals surface area contributed by atoms with Crippen LogP contribution in [0.5, 0.6) is 5.75 Å². The lowest BCUT2D eigenvalue weighted by Crippen LogP contribution is -2.28. The van der Waals surface area contributed by atoms with Crippen molar-refractivity contribution in [3.05, 3.63) is 23.8 Å². The second-order valence-electron chi connectivity index (χ2n) is 4.19. The van der Waals surface area contributed by atoms with E-state index in [0.29, 0.717) is 0 Å². The second kappa shape index (κ2) is 6.63. The van der Waals surface area contributed by atoms with Crippen LogP contribution in [0.25, 0.3) is 0 Å². The van der Waals surface area contributed by atoms with Gasteiger partial charge in [0.05, 0.1) is 12.9 Å². The first-order valence-electron chi connectivity index (χ1n) is 5.63. The SMILES string of the molecule is COc1ccc(C(=O)NCCS(C)(=O)=O)cc1S(=O)(=O)Cl. The molecule has 21 heavy (non-hydrogen) atoms. The number of amides is 1. The highest BCUT2D eigenvalue weighted by atomic mass is 35.7. The van der Waals surface area contributed by atoms with Gasteiger partial charge in [0.2, 0.25) is 0 Å². The van der Waals surface area contributed by atoms with E-state index < -0.39 is 24.8 Å². The van der Waals surface area contributed by atoms with E-state index in [0.717, 1.165) is 12.3 Å². The normalized spacial score (nSPS) is 12.0. The molecule has 1 aromatic rings. The standard InChI is InChI=1S/C11H14ClNO6S2/c1-19-9-4-3-8(7-10(9)21(12,17)18)11(14)13-5-6-20(2,15)16/h3-4,7H,5-6H2,1-2H3,(H,13,14). The third-order valence-corrected chi connectivity index (χ3v) is 4.74. The molecule has 0 saturated heterocycles. The van der Waals surface area contributed by atoms with Crippen molar-refractivity contribution in [2.75, 3.05) is 25.7 Å². The van der Waals surface area contributed by atoms with Crippen LogP contribution in [0, 0.1) is 0 Å². The van der Waals surface area contributed by atoms with Crippen molar-refractivity contribution in [1.82, 2.24) is 5.32 Å². The molecular formula is C11H14ClNO6S2. The van der Waals surface area contributed by atoms with Crippen LogP contribution in [0.2, 0.25) is 0 Å². The zero-order valence-electron chi connectivity index (χ0n) is 11.3. The minimum absolute atomic E-state index is 0.0117. The predicted octanol–water partition coefficient (Wildman–Crippen LogP) is 0.397. The summed E-state index contributed by atoms with van der Waals surface area (Å²) in [6, 6.07) is 3.71. The first kappa shape index (κ1) is 17.7. The number of methoxy groups -OCH3 is 1. The summed E-state index contributed by atoms with van der Waals surface area (Å²) < 4.78 is 49.6. The van der Waals surface area contributed by atoms with Gasteiger partial charge < -0.3 is 10.1 Å². The van der Waals surface area contributed by atoms with Gasteiger partial charge in [-0.15, -0.1) is 0 Å². The third-order valence-electron chi connectivity index (χ3n) is 2.45. The van der Waals surface area contributed by atoms with Gasteiger partial charge in [-0.05, 0) is 18.2 Å². The first-order chi connectivity index (χ1) is 9.54. The van der Waals surface area contributed by atoms with E-state index in [2.05, 4.69) is 5.32 Å². The lowest BCUT2D eigenvalue weighted by molar-refractivity contribution is 0.0956. The minimum Gasteiger partial charge on any atom is -0.495 e. The molecule has 118 valence electrons. The van der Waals surface area contributed by atoms with E-state index in [4.69, 9.17) is 15.4 Å². The Hall–Kier alpha value is -1.32. The van der Waals surface area contributed by atoms with Gasteiger partial charge in [0.25, 0.3) is 15.0 Å². The molecule has 0 aliphatic carbocycles. The van der Waals surface area contributed by atoms with Crippen molar-refractivity contribution in [2.24, 2.45) is 0 Å². The molecule has 7 nitrogen and oxygen atoms in total. The van der Waals surface area contributed by atoms with Gasteiger partial charge in [0.15, 0.2) is 0 Å². The van der Waals surface area contributed by atoms with Crippen LogP contribution in [0.4, 0.5) is 0 Å². The van der Waals surface area contributed by atoms with Gasteiger partial charge in [-0.2, -0.15) is 0 Å². The lowest BCUT2D eigenvalue weighted by atomic mass is 10.2. The summed E-state index contributed by atoms with van der Waals surface area (Å²) >= 11 is 0. The molecule has 0 bridgehead atoms. The van der Waals surface area contributed by atoms with Crippen LogP contribution in [0.15, 0.2) is 23.1 Å². The summed E-state index contributed by atoms with van der Waals surface area (Å²) in [5.74, 6) is -0.809. The molecule has 0 aliphatic rings. The number of ether oxygens (including phenoxy) is 1. The number of carbonyl (C=O) groups excluding carboxylic acids is 1. The molecule has 0 aromatic heterocycles. The van der Waals surface area contributed by atoms with Crippen LogP contribution in [-0.4, -0.2) is 48.4 Å². The molecular weight excluding hydrogens is 342 g/mol. The second-order valence-corrected chi connectivity index (χ2v) is 8.98. The van der Waals surface area contributed by atoms with Crippen LogP contribution in [0.1, 0.15) is 10.4 Å². The summed E-state index contributed by atoms with van der Waals surface area (Å²) in [4.78, 5) is 11.5. The Morgan fingerprint density at radius 1 is 1.29 bits per heavy atom. The highest BCUT2D eigenvalue weighted by molar-refractivity contribution is 8.13. The number of hydrogen-bond donors (Lipinski definition) is 1. The molecule has 0 atom stereocenters. The number of halogens is 1. The molecule has 1 N–H and O–H groups in total. The largest absolute Gasteiger partial charge is 0.495 e.